The van der Waals surface area contributed by atoms with Crippen LogP contribution >= 0.6 is 27.3 Å². The SMILES string of the molecule is NC1=NCC(c2cc(Br)cs2)N1c1ccc(F)cc1. The van der Waals surface area contributed by atoms with Gasteiger partial charge in [-0.25, -0.2) is 4.39 Å². The molecule has 1 atom stereocenters. The third-order valence-electron chi connectivity index (χ3n) is 3.01. The zero-order chi connectivity index (χ0) is 13.4. The Labute approximate surface area is 122 Å². The summed E-state index contributed by atoms with van der Waals surface area (Å²) in [5.41, 5.74) is 6.81. The lowest BCUT2D eigenvalue weighted by Crippen LogP contribution is -2.35. The average molecular weight is 340 g/mol. The fourth-order valence-corrected chi connectivity index (χ4v) is 3.66. The van der Waals surface area contributed by atoms with E-state index in [1.54, 1.807) is 23.5 Å². The molecule has 0 bridgehead atoms. The van der Waals surface area contributed by atoms with E-state index in [1.165, 1.54) is 17.0 Å². The van der Waals surface area contributed by atoms with Gasteiger partial charge in [-0.1, -0.05) is 0 Å². The molecule has 1 aromatic carbocycles. The molecular formula is C13H11BrFN3S. The summed E-state index contributed by atoms with van der Waals surface area (Å²) in [6, 6.07) is 8.46. The highest BCUT2D eigenvalue weighted by molar-refractivity contribution is 9.10. The first-order chi connectivity index (χ1) is 9.15. The van der Waals surface area contributed by atoms with Crippen LogP contribution in [0.25, 0.3) is 0 Å². The molecule has 2 N–H and O–H groups in total. The van der Waals surface area contributed by atoms with Gasteiger partial charge >= 0.3 is 0 Å². The van der Waals surface area contributed by atoms with E-state index >= 15 is 0 Å². The van der Waals surface area contributed by atoms with E-state index in [0.717, 1.165) is 10.2 Å². The summed E-state index contributed by atoms with van der Waals surface area (Å²) in [5, 5.41) is 2.03. The highest BCUT2D eigenvalue weighted by Crippen LogP contribution is 2.35. The van der Waals surface area contributed by atoms with Crippen LogP contribution in [0.2, 0.25) is 0 Å². The van der Waals surface area contributed by atoms with E-state index < -0.39 is 0 Å². The number of nitrogens with zero attached hydrogens (tertiary/aromatic N) is 2. The minimum Gasteiger partial charge on any atom is -0.369 e. The highest BCUT2D eigenvalue weighted by Gasteiger charge is 2.29. The molecule has 2 heterocycles. The summed E-state index contributed by atoms with van der Waals surface area (Å²) < 4.78 is 14.1. The molecule has 1 aliphatic heterocycles. The highest BCUT2D eigenvalue weighted by atomic mass is 79.9. The number of aliphatic imine (C=N–C) groups is 1. The summed E-state index contributed by atoms with van der Waals surface area (Å²) in [4.78, 5) is 7.42. The first-order valence-electron chi connectivity index (χ1n) is 5.74. The van der Waals surface area contributed by atoms with E-state index in [2.05, 4.69) is 27.0 Å². The molecule has 1 unspecified atom stereocenters. The zero-order valence-corrected chi connectivity index (χ0v) is 12.3. The third-order valence-corrected chi connectivity index (χ3v) is 4.80. The number of nitrogens with two attached hydrogens (primary N) is 1. The molecule has 0 saturated heterocycles. The second-order valence-corrected chi connectivity index (χ2v) is 6.09. The second-order valence-electron chi connectivity index (χ2n) is 4.23. The van der Waals surface area contributed by atoms with Gasteiger partial charge in [0.05, 0.1) is 12.6 Å². The minimum absolute atomic E-state index is 0.0850. The molecule has 0 amide bonds. The molecule has 2 aromatic rings. The van der Waals surface area contributed by atoms with Crippen LogP contribution in [0.3, 0.4) is 0 Å². The Morgan fingerprint density at radius 1 is 1.37 bits per heavy atom. The Morgan fingerprint density at radius 3 is 2.74 bits per heavy atom. The largest absolute Gasteiger partial charge is 0.369 e. The lowest BCUT2D eigenvalue weighted by Gasteiger charge is -2.25. The summed E-state index contributed by atoms with van der Waals surface area (Å²) >= 11 is 5.11. The lowest BCUT2D eigenvalue weighted by atomic mass is 10.2. The maximum atomic E-state index is 13.0. The van der Waals surface area contributed by atoms with Gasteiger partial charge in [-0.15, -0.1) is 11.3 Å². The minimum atomic E-state index is -0.256. The first-order valence-corrected chi connectivity index (χ1v) is 7.41. The number of hydrogen-bond acceptors (Lipinski definition) is 4. The van der Waals surface area contributed by atoms with Crippen LogP contribution in [0.4, 0.5) is 10.1 Å². The van der Waals surface area contributed by atoms with Gasteiger partial charge in [0.1, 0.15) is 5.82 Å². The Morgan fingerprint density at radius 2 is 2.11 bits per heavy atom. The Kier molecular flexibility index (Phi) is 3.28. The van der Waals surface area contributed by atoms with Crippen molar-refractivity contribution in [2.75, 3.05) is 11.4 Å². The maximum Gasteiger partial charge on any atom is 0.196 e. The predicted molar refractivity (Wildman–Crippen MR) is 80.1 cm³/mol. The molecular weight excluding hydrogens is 329 g/mol. The first kappa shape index (κ1) is 12.6. The molecule has 3 nitrogen and oxygen atoms in total. The summed E-state index contributed by atoms with van der Waals surface area (Å²) in [6.45, 7) is 0.621. The number of halogens is 2. The van der Waals surface area contributed by atoms with Crippen molar-refractivity contribution in [3.05, 3.63) is 50.9 Å². The Hall–Kier alpha value is -1.40. The summed E-state index contributed by atoms with van der Waals surface area (Å²) in [7, 11) is 0. The summed E-state index contributed by atoms with van der Waals surface area (Å²) in [6.07, 6.45) is 0. The maximum absolute atomic E-state index is 13.0. The fraction of sp³-hybridized carbons (Fsp3) is 0.154. The van der Waals surface area contributed by atoms with Crippen molar-refractivity contribution in [1.82, 2.24) is 0 Å². The number of rotatable bonds is 2. The topological polar surface area (TPSA) is 41.6 Å². The number of hydrogen-bond donors (Lipinski definition) is 1. The molecule has 0 saturated carbocycles. The van der Waals surface area contributed by atoms with Crippen LogP contribution in [0.5, 0.6) is 0 Å². The molecule has 98 valence electrons. The standard InChI is InChI=1S/C13H11BrFN3S/c14-8-5-12(19-7-8)11-6-17-13(16)18(11)10-3-1-9(15)2-4-10/h1-5,7,11H,6H2,(H2,16,17). The average Bonchev–Trinajstić information content (AvgIpc) is 2.97. The van der Waals surface area contributed by atoms with Gasteiger partial charge in [0.25, 0.3) is 0 Å². The van der Waals surface area contributed by atoms with E-state index in [4.69, 9.17) is 5.73 Å². The van der Waals surface area contributed by atoms with Gasteiger partial charge in [-0.05, 0) is 46.3 Å². The Bertz CT molecular complexity index is 623. The molecule has 0 fully saturated rings. The van der Waals surface area contributed by atoms with Gasteiger partial charge in [0.15, 0.2) is 5.96 Å². The molecule has 0 aliphatic carbocycles. The van der Waals surface area contributed by atoms with Crippen LogP contribution in [0.15, 0.2) is 45.2 Å². The molecule has 3 rings (SSSR count). The third kappa shape index (κ3) is 2.37. The van der Waals surface area contributed by atoms with Crippen LogP contribution in [0.1, 0.15) is 10.9 Å². The number of guanidine groups is 1. The second kappa shape index (κ2) is 4.94. The van der Waals surface area contributed by atoms with Gasteiger partial charge < -0.3 is 10.6 Å². The van der Waals surface area contributed by atoms with E-state index in [1.807, 2.05) is 10.3 Å². The molecule has 0 radical (unpaired) electrons. The number of thiophene rings is 1. The number of anilines is 1. The van der Waals surface area contributed by atoms with E-state index in [0.29, 0.717) is 12.5 Å². The van der Waals surface area contributed by atoms with Crippen molar-refractivity contribution < 1.29 is 4.39 Å². The molecule has 1 aliphatic rings. The van der Waals surface area contributed by atoms with Gasteiger partial charge in [-0.2, -0.15) is 0 Å². The van der Waals surface area contributed by atoms with Crippen molar-refractivity contribution in [1.29, 1.82) is 0 Å². The number of benzene rings is 1. The quantitative estimate of drug-likeness (QED) is 0.909. The van der Waals surface area contributed by atoms with E-state index in [9.17, 15) is 4.39 Å². The van der Waals surface area contributed by atoms with E-state index in [-0.39, 0.29) is 11.9 Å². The molecule has 19 heavy (non-hydrogen) atoms. The van der Waals surface area contributed by atoms with Gasteiger partial charge in [0.2, 0.25) is 0 Å². The Balaban J connectivity index is 1.96. The normalized spacial score (nSPS) is 18.7. The van der Waals surface area contributed by atoms with Crippen LogP contribution in [-0.2, 0) is 0 Å². The monoisotopic (exact) mass is 339 g/mol. The predicted octanol–water partition coefficient (Wildman–Crippen LogP) is 3.53. The van der Waals surface area contributed by atoms with Crippen LogP contribution in [0, 0.1) is 5.82 Å². The lowest BCUT2D eigenvalue weighted by molar-refractivity contribution is 0.627. The van der Waals surface area contributed by atoms with Gasteiger partial charge in [-0.3, -0.25) is 4.99 Å². The van der Waals surface area contributed by atoms with Crippen molar-refractivity contribution in [3.8, 4) is 0 Å². The zero-order valence-electron chi connectivity index (χ0n) is 9.88. The fourth-order valence-electron chi connectivity index (χ4n) is 2.13. The molecule has 6 heteroatoms. The van der Waals surface area contributed by atoms with Gasteiger partial charge in [0, 0.05) is 20.4 Å². The van der Waals surface area contributed by atoms with Crippen LogP contribution < -0.4 is 10.6 Å². The summed E-state index contributed by atoms with van der Waals surface area (Å²) in [5.74, 6) is 0.218. The smallest absolute Gasteiger partial charge is 0.196 e. The molecule has 1 aromatic heterocycles. The molecule has 0 spiro atoms. The van der Waals surface area contributed by atoms with Crippen molar-refractivity contribution in [3.63, 3.8) is 0 Å². The van der Waals surface area contributed by atoms with Crippen molar-refractivity contribution in [2.45, 2.75) is 6.04 Å². The van der Waals surface area contributed by atoms with Crippen molar-refractivity contribution in [2.24, 2.45) is 10.7 Å². The van der Waals surface area contributed by atoms with Crippen LogP contribution in [-0.4, -0.2) is 12.5 Å². The van der Waals surface area contributed by atoms with Crippen molar-refractivity contribution >= 4 is 38.9 Å².